The summed E-state index contributed by atoms with van der Waals surface area (Å²) in [5, 5.41) is 9.87. The van der Waals surface area contributed by atoms with Gasteiger partial charge in [0, 0.05) is 17.6 Å². The first-order valence-corrected chi connectivity index (χ1v) is 6.67. The summed E-state index contributed by atoms with van der Waals surface area (Å²) in [6.45, 7) is 1.17. The first-order valence-electron chi connectivity index (χ1n) is 5.50. The molecule has 92 valence electrons. The maximum absolute atomic E-state index is 12.2. The van der Waals surface area contributed by atoms with Crippen molar-refractivity contribution in [2.75, 3.05) is 13.1 Å². The van der Waals surface area contributed by atoms with E-state index in [2.05, 4.69) is 15.9 Å². The van der Waals surface area contributed by atoms with Crippen LogP contribution >= 0.6 is 27.5 Å². The molecule has 3 nitrogen and oxygen atoms in total. The number of amides is 1. The molecule has 1 aliphatic rings. The fourth-order valence-electron chi connectivity index (χ4n) is 1.90. The van der Waals surface area contributed by atoms with Gasteiger partial charge >= 0.3 is 0 Å². The summed E-state index contributed by atoms with van der Waals surface area (Å²) >= 11 is 9.35. The molecule has 0 aliphatic carbocycles. The lowest BCUT2D eigenvalue weighted by molar-refractivity contribution is 0.0546. The van der Waals surface area contributed by atoms with E-state index < -0.39 is 0 Å². The number of benzene rings is 1. The van der Waals surface area contributed by atoms with Gasteiger partial charge in [-0.1, -0.05) is 27.5 Å². The summed E-state index contributed by atoms with van der Waals surface area (Å²) in [4.78, 5) is 14.0. The Hall–Kier alpha value is -0.580. The Morgan fingerprint density at radius 3 is 2.71 bits per heavy atom. The number of piperidine rings is 1. The standard InChI is InChI=1S/C12H13BrClNO2/c13-8-1-2-11(14)10(7-8)12(17)15-5-3-9(16)4-6-15/h1-2,7,9,16H,3-6H2. The second-order valence-electron chi connectivity index (χ2n) is 4.15. The zero-order chi connectivity index (χ0) is 12.4. The number of nitrogens with zero attached hydrogens (tertiary/aromatic N) is 1. The van der Waals surface area contributed by atoms with Crippen LogP contribution in [0.1, 0.15) is 23.2 Å². The average Bonchev–Trinajstić information content (AvgIpc) is 2.32. The lowest BCUT2D eigenvalue weighted by Crippen LogP contribution is -2.40. The van der Waals surface area contributed by atoms with E-state index in [4.69, 9.17) is 11.6 Å². The Labute approximate surface area is 114 Å². The molecule has 1 aromatic carbocycles. The second kappa shape index (κ2) is 5.38. The molecule has 1 aromatic rings. The molecular formula is C12H13BrClNO2. The third kappa shape index (κ3) is 3.00. The van der Waals surface area contributed by atoms with Crippen LogP contribution in [0.5, 0.6) is 0 Å². The van der Waals surface area contributed by atoms with E-state index in [1.807, 2.05) is 0 Å². The molecule has 1 amide bonds. The zero-order valence-electron chi connectivity index (χ0n) is 9.20. The first-order chi connectivity index (χ1) is 8.08. The van der Waals surface area contributed by atoms with Crippen molar-refractivity contribution in [3.05, 3.63) is 33.3 Å². The van der Waals surface area contributed by atoms with Crippen LogP contribution in [0.25, 0.3) is 0 Å². The minimum atomic E-state index is -0.281. The average molecular weight is 319 g/mol. The highest BCUT2D eigenvalue weighted by atomic mass is 79.9. The third-order valence-electron chi connectivity index (χ3n) is 2.91. The van der Waals surface area contributed by atoms with E-state index in [-0.39, 0.29) is 12.0 Å². The van der Waals surface area contributed by atoms with Crippen LogP contribution in [0.2, 0.25) is 5.02 Å². The molecule has 1 saturated heterocycles. The number of carbonyl (C=O) groups excluding carboxylic acids is 1. The molecule has 17 heavy (non-hydrogen) atoms. The molecule has 1 aliphatic heterocycles. The molecule has 0 aromatic heterocycles. The summed E-state index contributed by atoms with van der Waals surface area (Å²) in [5.41, 5.74) is 0.512. The monoisotopic (exact) mass is 317 g/mol. The molecule has 0 spiro atoms. The minimum Gasteiger partial charge on any atom is -0.393 e. The Balaban J connectivity index is 2.16. The largest absolute Gasteiger partial charge is 0.393 e. The van der Waals surface area contributed by atoms with Gasteiger partial charge in [-0.05, 0) is 31.0 Å². The van der Waals surface area contributed by atoms with E-state index >= 15 is 0 Å². The summed E-state index contributed by atoms with van der Waals surface area (Å²) < 4.78 is 0.835. The van der Waals surface area contributed by atoms with Crippen LogP contribution in [-0.4, -0.2) is 35.1 Å². The molecule has 0 unspecified atom stereocenters. The minimum absolute atomic E-state index is 0.0665. The van der Waals surface area contributed by atoms with Gasteiger partial charge in [0.2, 0.25) is 0 Å². The number of aliphatic hydroxyl groups is 1. The number of halogens is 2. The van der Waals surface area contributed by atoms with Crippen molar-refractivity contribution < 1.29 is 9.90 Å². The highest BCUT2D eigenvalue weighted by molar-refractivity contribution is 9.10. The quantitative estimate of drug-likeness (QED) is 0.865. The van der Waals surface area contributed by atoms with Crippen molar-refractivity contribution in [2.45, 2.75) is 18.9 Å². The number of aliphatic hydroxyl groups excluding tert-OH is 1. The van der Waals surface area contributed by atoms with E-state index in [1.165, 1.54) is 0 Å². The Morgan fingerprint density at radius 2 is 2.06 bits per heavy atom. The lowest BCUT2D eigenvalue weighted by atomic mass is 10.1. The third-order valence-corrected chi connectivity index (χ3v) is 3.73. The topological polar surface area (TPSA) is 40.5 Å². The lowest BCUT2D eigenvalue weighted by Gasteiger charge is -2.29. The van der Waals surface area contributed by atoms with Gasteiger partial charge in [-0.3, -0.25) is 4.79 Å². The predicted molar refractivity (Wildman–Crippen MR) is 70.3 cm³/mol. The van der Waals surface area contributed by atoms with Gasteiger partial charge in [-0.2, -0.15) is 0 Å². The van der Waals surface area contributed by atoms with Gasteiger partial charge in [-0.25, -0.2) is 0 Å². The Kier molecular flexibility index (Phi) is 4.07. The van der Waals surface area contributed by atoms with Crippen LogP contribution < -0.4 is 0 Å². The molecule has 0 radical (unpaired) electrons. The van der Waals surface area contributed by atoms with Crippen molar-refractivity contribution in [2.24, 2.45) is 0 Å². The van der Waals surface area contributed by atoms with E-state index in [9.17, 15) is 9.90 Å². The maximum atomic E-state index is 12.2. The summed E-state index contributed by atoms with van der Waals surface area (Å²) in [5.74, 6) is -0.0665. The van der Waals surface area contributed by atoms with Gasteiger partial charge in [0.05, 0.1) is 16.7 Å². The van der Waals surface area contributed by atoms with Crippen LogP contribution in [0, 0.1) is 0 Å². The van der Waals surface area contributed by atoms with Crippen molar-refractivity contribution in [3.8, 4) is 0 Å². The fourth-order valence-corrected chi connectivity index (χ4v) is 2.46. The predicted octanol–water partition coefficient (Wildman–Crippen LogP) is 2.70. The number of carbonyl (C=O) groups is 1. The number of hydrogen-bond acceptors (Lipinski definition) is 2. The molecule has 0 atom stereocenters. The van der Waals surface area contributed by atoms with Crippen molar-refractivity contribution in [1.29, 1.82) is 0 Å². The highest BCUT2D eigenvalue weighted by Crippen LogP contribution is 2.23. The van der Waals surface area contributed by atoms with Crippen LogP contribution in [0.3, 0.4) is 0 Å². The molecule has 0 bridgehead atoms. The van der Waals surface area contributed by atoms with Gasteiger partial charge < -0.3 is 10.0 Å². The smallest absolute Gasteiger partial charge is 0.255 e. The van der Waals surface area contributed by atoms with Crippen LogP contribution in [-0.2, 0) is 0 Å². The highest BCUT2D eigenvalue weighted by Gasteiger charge is 2.23. The normalized spacial score (nSPS) is 17.2. The van der Waals surface area contributed by atoms with Gasteiger partial charge in [0.25, 0.3) is 5.91 Å². The Morgan fingerprint density at radius 1 is 1.41 bits per heavy atom. The zero-order valence-corrected chi connectivity index (χ0v) is 11.5. The number of rotatable bonds is 1. The van der Waals surface area contributed by atoms with Crippen molar-refractivity contribution in [3.63, 3.8) is 0 Å². The molecule has 0 saturated carbocycles. The number of hydrogen-bond donors (Lipinski definition) is 1. The first kappa shape index (κ1) is 12.9. The maximum Gasteiger partial charge on any atom is 0.255 e. The van der Waals surface area contributed by atoms with Crippen molar-refractivity contribution in [1.82, 2.24) is 4.90 Å². The van der Waals surface area contributed by atoms with E-state index in [0.29, 0.717) is 36.5 Å². The van der Waals surface area contributed by atoms with E-state index in [0.717, 1.165) is 4.47 Å². The SMILES string of the molecule is O=C(c1cc(Br)ccc1Cl)N1CCC(O)CC1. The molecule has 1 N–H and O–H groups in total. The van der Waals surface area contributed by atoms with Crippen LogP contribution in [0.15, 0.2) is 22.7 Å². The molecule has 5 heteroatoms. The molecule has 1 heterocycles. The molecule has 2 rings (SSSR count). The molecular weight excluding hydrogens is 305 g/mol. The number of likely N-dealkylation sites (tertiary alicyclic amines) is 1. The van der Waals surface area contributed by atoms with Gasteiger partial charge in [0.15, 0.2) is 0 Å². The molecule has 1 fully saturated rings. The van der Waals surface area contributed by atoms with Crippen LogP contribution in [0.4, 0.5) is 0 Å². The van der Waals surface area contributed by atoms with Gasteiger partial charge in [-0.15, -0.1) is 0 Å². The van der Waals surface area contributed by atoms with Crippen molar-refractivity contribution >= 4 is 33.4 Å². The van der Waals surface area contributed by atoms with Gasteiger partial charge in [0.1, 0.15) is 0 Å². The summed E-state index contributed by atoms with van der Waals surface area (Å²) in [7, 11) is 0. The van der Waals surface area contributed by atoms with E-state index in [1.54, 1.807) is 23.1 Å². The summed E-state index contributed by atoms with van der Waals surface area (Å²) in [6, 6.07) is 5.24. The Bertz CT molecular complexity index is 431. The second-order valence-corrected chi connectivity index (χ2v) is 5.47. The summed E-state index contributed by atoms with van der Waals surface area (Å²) in [6.07, 6.45) is 0.992. The fraction of sp³-hybridized carbons (Fsp3) is 0.417.